The summed E-state index contributed by atoms with van der Waals surface area (Å²) in [6, 6.07) is 0. The van der Waals surface area contributed by atoms with Crippen molar-refractivity contribution >= 4 is 5.78 Å². The maximum absolute atomic E-state index is 12.2. The summed E-state index contributed by atoms with van der Waals surface area (Å²) >= 11 is 0. The Bertz CT molecular complexity index is 500. The van der Waals surface area contributed by atoms with Crippen molar-refractivity contribution < 1.29 is 9.90 Å². The van der Waals surface area contributed by atoms with Crippen LogP contribution in [0, 0.1) is 40.4 Å². The molecule has 2 heteroatoms. The van der Waals surface area contributed by atoms with Gasteiger partial charge in [-0.1, -0.05) is 13.8 Å². The van der Waals surface area contributed by atoms with Crippen molar-refractivity contribution in [2.24, 2.45) is 40.4 Å². The Kier molecular flexibility index (Phi) is 3.72. The molecule has 4 aliphatic carbocycles. The lowest BCUT2D eigenvalue weighted by Crippen LogP contribution is -2.54. The van der Waals surface area contributed by atoms with E-state index in [9.17, 15) is 9.90 Å². The molecule has 0 heterocycles. The lowest BCUT2D eigenvalue weighted by molar-refractivity contribution is -0.138. The second-order valence-corrected chi connectivity index (χ2v) is 9.87. The summed E-state index contributed by atoms with van der Waals surface area (Å²) in [5.41, 5.74) is 0.738. The van der Waals surface area contributed by atoms with E-state index in [1.807, 2.05) is 6.92 Å². The first-order valence-electron chi connectivity index (χ1n) is 10.0. The average Bonchev–Trinajstić information content (AvgIpc) is 2.85. The molecule has 0 bridgehead atoms. The van der Waals surface area contributed by atoms with Crippen LogP contribution >= 0.6 is 0 Å². The van der Waals surface area contributed by atoms with Crippen LogP contribution in [-0.2, 0) is 4.79 Å². The van der Waals surface area contributed by atoms with E-state index in [0.717, 1.165) is 42.9 Å². The molecular weight excluding hydrogens is 284 g/mol. The average molecular weight is 319 g/mol. The predicted octanol–water partition coefficient (Wildman–Crippen LogP) is 4.60. The SMILES string of the molecule is CC(=O)C1CC[C@H]2[C@@H]3CC[C@H]4C[C@@H](O)CC[C@]4(C)[C@H]3CC[C@]12C. The number of aliphatic hydroxyl groups excluding tert-OH is 1. The highest BCUT2D eigenvalue weighted by Gasteiger charge is 2.60. The van der Waals surface area contributed by atoms with E-state index < -0.39 is 0 Å². The largest absolute Gasteiger partial charge is 0.393 e. The van der Waals surface area contributed by atoms with E-state index >= 15 is 0 Å². The van der Waals surface area contributed by atoms with Gasteiger partial charge >= 0.3 is 0 Å². The first kappa shape index (κ1) is 16.1. The van der Waals surface area contributed by atoms with E-state index in [1.54, 1.807) is 0 Å². The quantitative estimate of drug-likeness (QED) is 0.767. The lowest BCUT2D eigenvalue weighted by atomic mass is 9.44. The second kappa shape index (κ2) is 5.31. The van der Waals surface area contributed by atoms with Gasteiger partial charge in [-0.05, 0) is 99.2 Å². The van der Waals surface area contributed by atoms with Gasteiger partial charge in [0.1, 0.15) is 5.78 Å². The molecule has 0 spiro atoms. The van der Waals surface area contributed by atoms with Crippen molar-refractivity contribution in [2.45, 2.75) is 84.7 Å². The maximum Gasteiger partial charge on any atom is 0.133 e. The van der Waals surface area contributed by atoms with E-state index in [0.29, 0.717) is 17.1 Å². The van der Waals surface area contributed by atoms with Crippen LogP contribution in [0.2, 0.25) is 0 Å². The molecule has 130 valence electrons. The van der Waals surface area contributed by atoms with E-state index in [1.165, 1.54) is 38.5 Å². The van der Waals surface area contributed by atoms with Crippen LogP contribution in [0.1, 0.15) is 78.6 Å². The predicted molar refractivity (Wildman–Crippen MR) is 91.9 cm³/mol. The van der Waals surface area contributed by atoms with Gasteiger partial charge in [0, 0.05) is 5.92 Å². The minimum Gasteiger partial charge on any atom is -0.393 e. The molecule has 4 saturated carbocycles. The summed E-state index contributed by atoms with van der Waals surface area (Å²) in [6.45, 7) is 6.80. The molecule has 8 atom stereocenters. The molecule has 4 rings (SSSR count). The van der Waals surface area contributed by atoms with Crippen molar-refractivity contribution in [2.75, 3.05) is 0 Å². The van der Waals surface area contributed by atoms with Crippen molar-refractivity contribution in [3.63, 3.8) is 0 Å². The number of Topliss-reactive ketones (excluding diaryl/α,β-unsaturated/α-hetero) is 1. The van der Waals surface area contributed by atoms with Gasteiger partial charge in [-0.2, -0.15) is 0 Å². The summed E-state index contributed by atoms with van der Waals surface area (Å²) in [4.78, 5) is 12.2. The van der Waals surface area contributed by atoms with Crippen molar-refractivity contribution in [3.8, 4) is 0 Å². The molecule has 0 saturated heterocycles. The third-order valence-corrected chi connectivity index (χ3v) is 9.13. The molecule has 0 amide bonds. The zero-order valence-electron chi connectivity index (χ0n) is 15.2. The molecule has 0 aliphatic heterocycles. The highest BCUT2D eigenvalue weighted by atomic mass is 16.3. The molecule has 0 aromatic rings. The standard InChI is InChI=1S/C21H34O2/c1-13(22)17-6-7-18-16-5-4-14-12-15(23)8-10-20(14,2)19(16)9-11-21(17,18)3/h14-19,23H,4-12H2,1-3H3/t14-,15-,16-,17?,18-,19-,20-,21+/m0/s1. The number of carbonyl (C=O) groups excluding carboxylic acids is 1. The number of rotatable bonds is 1. The molecule has 1 N–H and O–H groups in total. The zero-order chi connectivity index (χ0) is 16.4. The molecule has 0 aromatic heterocycles. The van der Waals surface area contributed by atoms with Crippen LogP contribution in [-0.4, -0.2) is 17.0 Å². The Labute approximate surface area is 141 Å². The highest BCUT2D eigenvalue weighted by Crippen LogP contribution is 2.67. The van der Waals surface area contributed by atoms with Crippen LogP contribution in [0.4, 0.5) is 0 Å². The number of hydrogen-bond donors (Lipinski definition) is 1. The van der Waals surface area contributed by atoms with Crippen LogP contribution < -0.4 is 0 Å². The number of fused-ring (bicyclic) bond motifs is 5. The molecule has 4 aliphatic rings. The molecule has 0 aromatic carbocycles. The Balaban J connectivity index is 1.61. The van der Waals surface area contributed by atoms with Crippen molar-refractivity contribution in [1.29, 1.82) is 0 Å². The lowest BCUT2D eigenvalue weighted by Gasteiger charge is -2.60. The first-order valence-corrected chi connectivity index (χ1v) is 10.0. The number of aliphatic hydroxyl groups is 1. The number of ketones is 1. The van der Waals surface area contributed by atoms with Gasteiger partial charge in [-0.3, -0.25) is 4.79 Å². The van der Waals surface area contributed by atoms with Gasteiger partial charge in [-0.15, -0.1) is 0 Å². The smallest absolute Gasteiger partial charge is 0.133 e. The van der Waals surface area contributed by atoms with Crippen LogP contribution in [0.3, 0.4) is 0 Å². The fraction of sp³-hybridized carbons (Fsp3) is 0.952. The third kappa shape index (κ3) is 2.19. The number of hydrogen-bond acceptors (Lipinski definition) is 2. The van der Waals surface area contributed by atoms with Gasteiger partial charge in [-0.25, -0.2) is 0 Å². The minimum absolute atomic E-state index is 0.0490. The topological polar surface area (TPSA) is 37.3 Å². The first-order chi connectivity index (χ1) is 10.9. The summed E-state index contributed by atoms with van der Waals surface area (Å²) in [5, 5.41) is 10.1. The number of carbonyl (C=O) groups is 1. The molecule has 4 fully saturated rings. The molecule has 2 nitrogen and oxygen atoms in total. The fourth-order valence-corrected chi connectivity index (χ4v) is 7.90. The second-order valence-electron chi connectivity index (χ2n) is 9.87. The summed E-state index contributed by atoms with van der Waals surface area (Å²) in [7, 11) is 0. The van der Waals surface area contributed by atoms with Crippen LogP contribution in [0.25, 0.3) is 0 Å². The third-order valence-electron chi connectivity index (χ3n) is 9.13. The Morgan fingerprint density at radius 3 is 2.35 bits per heavy atom. The van der Waals surface area contributed by atoms with Crippen molar-refractivity contribution in [1.82, 2.24) is 0 Å². The molecular formula is C21H34O2. The Morgan fingerprint density at radius 2 is 1.61 bits per heavy atom. The maximum atomic E-state index is 12.2. The summed E-state index contributed by atoms with van der Waals surface area (Å²) in [6.07, 6.45) is 10.9. The van der Waals surface area contributed by atoms with Gasteiger partial charge in [0.25, 0.3) is 0 Å². The fourth-order valence-electron chi connectivity index (χ4n) is 7.90. The van der Waals surface area contributed by atoms with Gasteiger partial charge in [0.2, 0.25) is 0 Å². The Hall–Kier alpha value is -0.370. The zero-order valence-corrected chi connectivity index (χ0v) is 15.2. The minimum atomic E-state index is -0.0490. The molecule has 1 unspecified atom stereocenters. The van der Waals surface area contributed by atoms with Gasteiger partial charge in [0.05, 0.1) is 6.10 Å². The van der Waals surface area contributed by atoms with Gasteiger partial charge < -0.3 is 5.11 Å². The van der Waals surface area contributed by atoms with E-state index in [4.69, 9.17) is 0 Å². The van der Waals surface area contributed by atoms with E-state index in [-0.39, 0.29) is 11.5 Å². The summed E-state index contributed by atoms with van der Waals surface area (Å²) < 4.78 is 0. The van der Waals surface area contributed by atoms with E-state index in [2.05, 4.69) is 13.8 Å². The molecule has 0 radical (unpaired) electrons. The van der Waals surface area contributed by atoms with Crippen LogP contribution in [0.5, 0.6) is 0 Å². The highest BCUT2D eigenvalue weighted by molar-refractivity contribution is 5.79. The van der Waals surface area contributed by atoms with Crippen LogP contribution in [0.15, 0.2) is 0 Å². The van der Waals surface area contributed by atoms with Gasteiger partial charge in [0.15, 0.2) is 0 Å². The molecule has 23 heavy (non-hydrogen) atoms. The monoisotopic (exact) mass is 318 g/mol. The van der Waals surface area contributed by atoms with Crippen molar-refractivity contribution in [3.05, 3.63) is 0 Å². The summed E-state index contributed by atoms with van der Waals surface area (Å²) in [5.74, 6) is 3.97. The Morgan fingerprint density at radius 1 is 0.913 bits per heavy atom. The normalized spacial score (nSPS) is 55.7.